The number of ether oxygens (including phenoxy) is 1. The van der Waals surface area contributed by atoms with Crippen LogP contribution in [0.4, 0.5) is 55.7 Å². The van der Waals surface area contributed by atoms with Crippen molar-refractivity contribution in [2.75, 3.05) is 30.5 Å². The third-order valence-corrected chi connectivity index (χ3v) is 8.40. The van der Waals surface area contributed by atoms with Crippen molar-refractivity contribution in [3.63, 3.8) is 0 Å². The van der Waals surface area contributed by atoms with E-state index in [2.05, 4.69) is 4.98 Å². The minimum atomic E-state index is -5.12. The van der Waals surface area contributed by atoms with E-state index in [4.69, 9.17) is 15.6 Å². The van der Waals surface area contributed by atoms with E-state index in [1.165, 1.54) is 12.3 Å². The van der Waals surface area contributed by atoms with Crippen LogP contribution in [0.2, 0.25) is 0 Å². The Bertz CT molecular complexity index is 1710. The summed E-state index contributed by atoms with van der Waals surface area (Å²) < 4.78 is 130. The maximum absolute atomic E-state index is 14.0. The number of pyridine rings is 1. The molecule has 3 N–H and O–H groups in total. The summed E-state index contributed by atoms with van der Waals surface area (Å²) in [6, 6.07) is 5.14. The summed E-state index contributed by atoms with van der Waals surface area (Å²) in [6.45, 7) is 1.26. The summed E-state index contributed by atoms with van der Waals surface area (Å²) in [5.41, 5.74) is 0.910. The van der Waals surface area contributed by atoms with Gasteiger partial charge in [0.1, 0.15) is 5.66 Å². The van der Waals surface area contributed by atoms with Crippen LogP contribution in [0.5, 0.6) is 0 Å². The molecule has 4 rings (SSSR count). The Balaban J connectivity index is 1.92. The molecule has 2 atom stereocenters. The third-order valence-electron chi connectivity index (χ3n) is 8.40. The van der Waals surface area contributed by atoms with E-state index in [1.54, 1.807) is 25.9 Å². The SMILES string of the molecule is CC[C@]1(N)C[C@H](c2ncc(N(C)C)cc2Cc2cc(C(F)(F)F)cc(C(F)(F)F)c2)c2cc(C(F)(F)F)ccc2N1C(=O)OCCCC(=O)O. The van der Waals surface area contributed by atoms with E-state index < -0.39 is 65.3 Å². The fraction of sp³-hybridized carbons (Fsp3) is 0.424. The molecule has 50 heavy (non-hydrogen) atoms. The lowest BCUT2D eigenvalue weighted by atomic mass is 9.77. The molecular weight excluding hydrogens is 687 g/mol. The Morgan fingerprint density at radius 1 is 0.960 bits per heavy atom. The largest absolute Gasteiger partial charge is 0.481 e. The lowest BCUT2D eigenvalue weighted by Crippen LogP contribution is -2.61. The van der Waals surface area contributed by atoms with Crippen molar-refractivity contribution in [3.8, 4) is 0 Å². The smallest absolute Gasteiger partial charge is 0.416 e. The Morgan fingerprint density at radius 3 is 2.08 bits per heavy atom. The first kappa shape index (κ1) is 38.3. The summed E-state index contributed by atoms with van der Waals surface area (Å²) in [5.74, 6) is -2.27. The van der Waals surface area contributed by atoms with Crippen molar-refractivity contribution in [1.29, 1.82) is 0 Å². The Labute approximate surface area is 280 Å². The first-order valence-corrected chi connectivity index (χ1v) is 15.2. The monoisotopic (exact) mass is 720 g/mol. The van der Waals surface area contributed by atoms with Gasteiger partial charge in [-0.05, 0) is 84.8 Å². The van der Waals surface area contributed by atoms with Crippen LogP contribution < -0.4 is 15.5 Å². The highest BCUT2D eigenvalue weighted by molar-refractivity contribution is 5.91. The number of nitrogens with zero attached hydrogens (tertiary/aromatic N) is 3. The minimum absolute atomic E-state index is 0.00564. The fourth-order valence-corrected chi connectivity index (χ4v) is 5.83. The standard InChI is InChI=1S/C33H33F9N4O4/c1-4-30(43)16-25(24-15-20(31(34,35)36)7-8-26(24)46(30)29(49)50-9-5-6-27(47)48)28-19(13-23(17-44-28)45(2)3)10-18-11-21(32(37,38)39)14-22(12-18)33(40,41)42/h7-8,11-15,17,25H,4-6,9-10,16,43H2,1-3H3,(H,47,48)/t25-,30+/m0/s1. The van der Waals surface area contributed by atoms with Gasteiger partial charge in [-0.2, -0.15) is 39.5 Å². The van der Waals surface area contributed by atoms with Gasteiger partial charge < -0.3 is 20.5 Å². The number of rotatable bonds is 9. The van der Waals surface area contributed by atoms with Crippen molar-refractivity contribution in [2.24, 2.45) is 5.73 Å². The molecule has 0 spiro atoms. The number of halogens is 9. The van der Waals surface area contributed by atoms with Crippen molar-refractivity contribution in [3.05, 3.63) is 87.7 Å². The number of hydrogen-bond acceptors (Lipinski definition) is 6. The molecule has 3 aromatic rings. The summed E-state index contributed by atoms with van der Waals surface area (Å²) in [5, 5.41) is 8.90. The molecule has 0 bridgehead atoms. The quantitative estimate of drug-likeness (QED) is 0.170. The van der Waals surface area contributed by atoms with Crippen molar-refractivity contribution in [1.82, 2.24) is 4.98 Å². The first-order valence-electron chi connectivity index (χ1n) is 15.2. The van der Waals surface area contributed by atoms with Gasteiger partial charge in [-0.25, -0.2) is 4.79 Å². The zero-order valence-electron chi connectivity index (χ0n) is 26.9. The van der Waals surface area contributed by atoms with E-state index >= 15 is 0 Å². The molecule has 0 saturated heterocycles. The zero-order chi connectivity index (χ0) is 37.4. The zero-order valence-corrected chi connectivity index (χ0v) is 26.9. The topological polar surface area (TPSA) is 109 Å². The lowest BCUT2D eigenvalue weighted by molar-refractivity contribution is -0.143. The number of amides is 1. The molecule has 1 aliphatic rings. The van der Waals surface area contributed by atoms with Crippen LogP contribution in [-0.2, 0) is 34.5 Å². The fourth-order valence-electron chi connectivity index (χ4n) is 5.83. The van der Waals surface area contributed by atoms with Crippen molar-refractivity contribution >= 4 is 23.4 Å². The molecular formula is C33H33F9N4O4. The van der Waals surface area contributed by atoms with E-state index in [9.17, 15) is 49.1 Å². The molecule has 1 amide bonds. The number of benzene rings is 2. The van der Waals surface area contributed by atoms with Gasteiger partial charge in [-0.1, -0.05) is 6.92 Å². The lowest BCUT2D eigenvalue weighted by Gasteiger charge is -2.47. The average molecular weight is 721 g/mol. The predicted molar refractivity (Wildman–Crippen MR) is 164 cm³/mol. The summed E-state index contributed by atoms with van der Waals surface area (Å²) in [4.78, 5) is 31.3. The maximum Gasteiger partial charge on any atom is 0.416 e. The van der Waals surface area contributed by atoms with Crippen LogP contribution in [0.3, 0.4) is 0 Å². The van der Waals surface area contributed by atoms with E-state index in [0.29, 0.717) is 17.8 Å². The second-order valence-electron chi connectivity index (χ2n) is 12.2. The molecule has 0 saturated carbocycles. The molecule has 0 aliphatic carbocycles. The number of carboxylic acids is 1. The molecule has 1 aliphatic heterocycles. The summed E-state index contributed by atoms with van der Waals surface area (Å²) >= 11 is 0. The second kappa shape index (κ2) is 14.0. The predicted octanol–water partition coefficient (Wildman–Crippen LogP) is 8.20. The van der Waals surface area contributed by atoms with Crippen LogP contribution >= 0.6 is 0 Å². The summed E-state index contributed by atoms with van der Waals surface area (Å²) in [7, 11) is 3.22. The number of aliphatic carboxylic acids is 1. The molecule has 0 unspecified atom stereocenters. The van der Waals surface area contributed by atoms with Gasteiger partial charge in [0.2, 0.25) is 0 Å². The highest BCUT2D eigenvalue weighted by Gasteiger charge is 2.47. The Hall–Kier alpha value is -4.54. The van der Waals surface area contributed by atoms with Gasteiger partial charge in [0.15, 0.2) is 0 Å². The average Bonchev–Trinajstić information content (AvgIpc) is 3.01. The molecule has 17 heteroatoms. The molecule has 8 nitrogen and oxygen atoms in total. The number of hydrogen-bond donors (Lipinski definition) is 2. The Kier molecular flexibility index (Phi) is 10.7. The minimum Gasteiger partial charge on any atom is -0.481 e. The molecule has 272 valence electrons. The van der Waals surface area contributed by atoms with Crippen LogP contribution in [0.25, 0.3) is 0 Å². The number of carboxylic acid groups (broad SMARTS) is 1. The number of nitrogens with two attached hydrogens (primary N) is 1. The van der Waals surface area contributed by atoms with Crippen LogP contribution in [-0.4, -0.2) is 48.5 Å². The molecule has 0 fully saturated rings. The van der Waals surface area contributed by atoms with Gasteiger partial charge >= 0.3 is 30.6 Å². The molecule has 1 aromatic heterocycles. The normalized spacial score (nSPS) is 18.1. The molecule has 2 heterocycles. The molecule has 2 aromatic carbocycles. The number of aromatic nitrogens is 1. The third kappa shape index (κ3) is 8.42. The first-order chi connectivity index (χ1) is 23.0. The van der Waals surface area contributed by atoms with Crippen LogP contribution in [0.15, 0.2) is 48.7 Å². The number of carbonyl (C=O) groups excluding carboxylic acids is 1. The van der Waals surface area contributed by atoms with Gasteiger partial charge in [0, 0.05) is 26.4 Å². The van der Waals surface area contributed by atoms with Crippen molar-refractivity contribution < 1.29 is 58.9 Å². The summed E-state index contributed by atoms with van der Waals surface area (Å²) in [6.07, 6.45) is -16.0. The maximum atomic E-state index is 14.0. The number of anilines is 2. The number of alkyl halides is 9. The second-order valence-corrected chi connectivity index (χ2v) is 12.2. The highest BCUT2D eigenvalue weighted by Crippen LogP contribution is 2.49. The van der Waals surface area contributed by atoms with Gasteiger partial charge in [-0.3, -0.25) is 14.7 Å². The van der Waals surface area contributed by atoms with Gasteiger partial charge in [-0.15, -0.1) is 0 Å². The van der Waals surface area contributed by atoms with Crippen LogP contribution in [0, 0.1) is 0 Å². The van der Waals surface area contributed by atoms with Gasteiger partial charge in [0.25, 0.3) is 0 Å². The van der Waals surface area contributed by atoms with E-state index in [1.807, 2.05) is 0 Å². The Morgan fingerprint density at radius 2 is 1.56 bits per heavy atom. The van der Waals surface area contributed by atoms with E-state index in [-0.39, 0.29) is 66.4 Å². The van der Waals surface area contributed by atoms with E-state index in [0.717, 1.165) is 23.1 Å². The number of fused-ring (bicyclic) bond motifs is 1. The van der Waals surface area contributed by atoms with Crippen LogP contribution in [0.1, 0.15) is 77.6 Å². The highest BCUT2D eigenvalue weighted by atomic mass is 19.4. The van der Waals surface area contributed by atoms with Gasteiger partial charge in [0.05, 0.1) is 46.6 Å². The van der Waals surface area contributed by atoms with Crippen molar-refractivity contribution in [2.45, 2.75) is 69.1 Å². The molecule has 0 radical (unpaired) electrons. The number of carbonyl (C=O) groups is 2.